The number of nitrogens with zero attached hydrogens (tertiary/aromatic N) is 2. The van der Waals surface area contributed by atoms with E-state index in [9.17, 15) is 19.1 Å². The van der Waals surface area contributed by atoms with E-state index in [1.165, 1.54) is 19.2 Å². The number of hydrazone groups is 1. The van der Waals surface area contributed by atoms with Gasteiger partial charge in [0.05, 0.1) is 11.8 Å². The summed E-state index contributed by atoms with van der Waals surface area (Å²) in [5.41, 5.74) is 2.55. The predicted molar refractivity (Wildman–Crippen MR) is 77.4 cm³/mol. The van der Waals surface area contributed by atoms with Gasteiger partial charge in [-0.25, -0.2) is 9.18 Å². The lowest BCUT2D eigenvalue weighted by Gasteiger charge is -2.10. The van der Waals surface area contributed by atoms with Crippen LogP contribution in [0.15, 0.2) is 39.0 Å². The molecule has 114 valence electrons. The van der Waals surface area contributed by atoms with Gasteiger partial charge in [0, 0.05) is 13.5 Å². The van der Waals surface area contributed by atoms with Crippen molar-refractivity contribution in [3.05, 3.63) is 62.0 Å². The molecule has 1 atom stereocenters. The van der Waals surface area contributed by atoms with E-state index >= 15 is 0 Å². The Labute approximate surface area is 123 Å². The molecular weight excluding hydrogens is 291 g/mol. The molecule has 2 heterocycles. The van der Waals surface area contributed by atoms with E-state index < -0.39 is 17.1 Å². The van der Waals surface area contributed by atoms with E-state index in [0.29, 0.717) is 12.1 Å². The Bertz CT molecular complexity index is 867. The molecule has 3 N–H and O–H groups in total. The fraction of sp³-hybridized carbons (Fsp3) is 0.214. The Morgan fingerprint density at radius 2 is 2.00 bits per heavy atom. The van der Waals surface area contributed by atoms with Gasteiger partial charge in [-0.3, -0.25) is 14.3 Å². The summed E-state index contributed by atoms with van der Waals surface area (Å²) in [5, 5.41) is 14.1. The molecular formula is C14H13FN4O3. The molecule has 0 aliphatic carbocycles. The van der Waals surface area contributed by atoms with E-state index in [2.05, 4.69) is 15.5 Å². The van der Waals surface area contributed by atoms with Crippen LogP contribution >= 0.6 is 0 Å². The molecule has 0 spiro atoms. The van der Waals surface area contributed by atoms with Crippen LogP contribution in [-0.4, -0.2) is 20.4 Å². The molecule has 0 amide bonds. The molecule has 1 aliphatic rings. The van der Waals surface area contributed by atoms with Gasteiger partial charge in [-0.05, 0) is 17.7 Å². The summed E-state index contributed by atoms with van der Waals surface area (Å²) in [5.74, 6) is -0.774. The maximum Gasteiger partial charge on any atom is 0.330 e. The van der Waals surface area contributed by atoms with Gasteiger partial charge in [0.1, 0.15) is 11.4 Å². The lowest BCUT2D eigenvalue weighted by Crippen LogP contribution is -2.32. The van der Waals surface area contributed by atoms with E-state index in [-0.39, 0.29) is 17.4 Å². The first-order chi connectivity index (χ1) is 10.5. The second-order valence-electron chi connectivity index (χ2n) is 5.01. The predicted octanol–water partition coefficient (Wildman–Crippen LogP) is 0.357. The van der Waals surface area contributed by atoms with Gasteiger partial charge in [-0.1, -0.05) is 12.1 Å². The molecule has 0 saturated carbocycles. The van der Waals surface area contributed by atoms with Crippen LogP contribution in [0.2, 0.25) is 0 Å². The van der Waals surface area contributed by atoms with Crippen molar-refractivity contribution in [1.29, 1.82) is 0 Å². The Hall–Kier alpha value is -2.90. The number of benzene rings is 1. The highest BCUT2D eigenvalue weighted by Gasteiger charge is 2.26. The Morgan fingerprint density at radius 1 is 1.32 bits per heavy atom. The summed E-state index contributed by atoms with van der Waals surface area (Å²) >= 11 is 0. The van der Waals surface area contributed by atoms with Gasteiger partial charge in [0.25, 0.3) is 5.56 Å². The van der Waals surface area contributed by atoms with Crippen molar-refractivity contribution in [2.45, 2.75) is 12.5 Å². The van der Waals surface area contributed by atoms with Crippen molar-refractivity contribution in [2.24, 2.45) is 12.1 Å². The van der Waals surface area contributed by atoms with Crippen molar-refractivity contribution in [3.8, 4) is 5.88 Å². The number of halogens is 1. The van der Waals surface area contributed by atoms with Crippen molar-refractivity contribution in [3.63, 3.8) is 0 Å². The lowest BCUT2D eigenvalue weighted by atomic mass is 10.00. The number of nitrogens with one attached hydrogen (secondary N) is 2. The van der Waals surface area contributed by atoms with Crippen LogP contribution in [-0.2, 0) is 7.05 Å². The molecule has 1 aromatic heterocycles. The van der Waals surface area contributed by atoms with Crippen LogP contribution in [0.1, 0.15) is 23.6 Å². The number of rotatable bonds is 2. The fourth-order valence-corrected chi connectivity index (χ4v) is 2.35. The second-order valence-corrected chi connectivity index (χ2v) is 5.01. The maximum atomic E-state index is 12.9. The van der Waals surface area contributed by atoms with E-state index in [1.54, 1.807) is 12.1 Å². The normalized spacial score (nSPS) is 17.2. The number of hydrogen-bond donors (Lipinski definition) is 3. The molecule has 0 radical (unpaired) electrons. The van der Waals surface area contributed by atoms with Crippen molar-refractivity contribution in [1.82, 2.24) is 15.0 Å². The third-order valence-corrected chi connectivity index (χ3v) is 3.61. The smallest absolute Gasteiger partial charge is 0.330 e. The van der Waals surface area contributed by atoms with Gasteiger partial charge in [0.2, 0.25) is 5.88 Å². The second kappa shape index (κ2) is 5.14. The monoisotopic (exact) mass is 304 g/mol. The van der Waals surface area contributed by atoms with Gasteiger partial charge >= 0.3 is 5.69 Å². The molecule has 0 saturated heterocycles. The van der Waals surface area contributed by atoms with Crippen LogP contribution < -0.4 is 16.7 Å². The quantitative estimate of drug-likeness (QED) is 0.745. The minimum atomic E-state index is -0.701. The molecule has 1 unspecified atom stereocenters. The molecule has 1 aliphatic heterocycles. The van der Waals surface area contributed by atoms with Crippen LogP contribution in [0.5, 0.6) is 5.88 Å². The highest BCUT2D eigenvalue weighted by molar-refractivity contribution is 6.03. The molecule has 1 aromatic carbocycles. The zero-order valence-electron chi connectivity index (χ0n) is 11.6. The average Bonchev–Trinajstić information content (AvgIpc) is 2.95. The molecule has 0 bridgehead atoms. The van der Waals surface area contributed by atoms with Crippen LogP contribution in [0.3, 0.4) is 0 Å². The minimum absolute atomic E-state index is 0.0424. The lowest BCUT2D eigenvalue weighted by molar-refractivity contribution is 0.416. The first kappa shape index (κ1) is 14.1. The highest BCUT2D eigenvalue weighted by Crippen LogP contribution is 2.25. The number of hydrogen-bond acceptors (Lipinski definition) is 5. The molecule has 2 aromatic rings. The molecule has 7 nitrogen and oxygen atoms in total. The summed E-state index contributed by atoms with van der Waals surface area (Å²) in [6.45, 7) is 0. The highest BCUT2D eigenvalue weighted by atomic mass is 19.1. The van der Waals surface area contributed by atoms with Gasteiger partial charge in [-0.15, -0.1) is 0 Å². The molecule has 3 rings (SSSR count). The zero-order valence-corrected chi connectivity index (χ0v) is 11.6. The van der Waals surface area contributed by atoms with E-state index in [1.807, 2.05) is 0 Å². The standard InChI is InChI=1S/C14H13FN4O3/c1-19-13(21)11(12(20)16-14(19)22)10-6-9(17-18-10)7-2-4-8(15)5-3-7/h2-5,9,17,21H,6H2,1H3,(H,16,20,22). The van der Waals surface area contributed by atoms with Crippen LogP contribution in [0.25, 0.3) is 0 Å². The molecule has 0 fully saturated rings. The average molecular weight is 304 g/mol. The van der Waals surface area contributed by atoms with E-state index in [0.717, 1.165) is 10.1 Å². The Kier molecular flexibility index (Phi) is 3.28. The van der Waals surface area contributed by atoms with Crippen molar-refractivity contribution >= 4 is 5.71 Å². The third-order valence-electron chi connectivity index (χ3n) is 3.61. The zero-order chi connectivity index (χ0) is 15.9. The minimum Gasteiger partial charge on any atom is -0.494 e. The van der Waals surface area contributed by atoms with Crippen LogP contribution in [0.4, 0.5) is 4.39 Å². The van der Waals surface area contributed by atoms with Crippen molar-refractivity contribution < 1.29 is 9.50 Å². The number of aromatic amines is 1. The van der Waals surface area contributed by atoms with Gasteiger partial charge in [-0.2, -0.15) is 5.10 Å². The van der Waals surface area contributed by atoms with Gasteiger partial charge < -0.3 is 10.5 Å². The number of H-pyrrole nitrogens is 1. The summed E-state index contributed by atoms with van der Waals surface area (Å²) in [6, 6.07) is 5.69. The summed E-state index contributed by atoms with van der Waals surface area (Å²) in [6.07, 6.45) is 0.334. The van der Waals surface area contributed by atoms with Crippen molar-refractivity contribution in [2.75, 3.05) is 0 Å². The SMILES string of the molecule is Cn1c(O)c(C2=NNC(c3ccc(F)cc3)C2)c(=O)[nH]c1=O. The third kappa shape index (κ3) is 2.28. The molecule has 22 heavy (non-hydrogen) atoms. The molecule has 8 heteroatoms. The van der Waals surface area contributed by atoms with Gasteiger partial charge in [0.15, 0.2) is 0 Å². The summed E-state index contributed by atoms with van der Waals surface area (Å²) in [7, 11) is 1.34. The largest absolute Gasteiger partial charge is 0.494 e. The first-order valence-electron chi connectivity index (χ1n) is 6.57. The first-order valence-corrected chi connectivity index (χ1v) is 6.57. The fourth-order valence-electron chi connectivity index (χ4n) is 2.35. The Balaban J connectivity index is 1.93. The Morgan fingerprint density at radius 3 is 2.68 bits per heavy atom. The maximum absolute atomic E-state index is 12.9. The summed E-state index contributed by atoms with van der Waals surface area (Å²) < 4.78 is 13.9. The number of aromatic hydroxyl groups is 1. The van der Waals surface area contributed by atoms with Crippen LogP contribution in [0, 0.1) is 5.82 Å². The van der Waals surface area contributed by atoms with E-state index in [4.69, 9.17) is 0 Å². The summed E-state index contributed by atoms with van der Waals surface area (Å²) in [4.78, 5) is 25.4. The number of aromatic nitrogens is 2. The topological polar surface area (TPSA) is 99.5 Å².